The number of carboxylic acid groups (broad SMARTS) is 1. The first-order valence-electron chi connectivity index (χ1n) is 6.81. The van der Waals surface area contributed by atoms with Gasteiger partial charge in [-0.1, -0.05) is 6.92 Å². The Labute approximate surface area is 111 Å². The predicted molar refractivity (Wildman–Crippen MR) is 65.1 cm³/mol. The maximum atomic E-state index is 12.3. The maximum Gasteiger partial charge on any atom is 0.308 e. The van der Waals surface area contributed by atoms with Gasteiger partial charge in [0.05, 0.1) is 18.4 Å². The summed E-state index contributed by atoms with van der Waals surface area (Å²) in [5.41, 5.74) is 0. The molecule has 2 aliphatic heterocycles. The van der Waals surface area contributed by atoms with E-state index in [1.54, 1.807) is 0 Å². The van der Waals surface area contributed by atoms with Crippen LogP contribution < -0.4 is 0 Å². The van der Waals surface area contributed by atoms with E-state index in [0.29, 0.717) is 13.1 Å². The second-order valence-electron chi connectivity index (χ2n) is 5.93. The van der Waals surface area contributed by atoms with Crippen molar-refractivity contribution in [3.63, 3.8) is 0 Å². The molecule has 6 heteroatoms. The fraction of sp³-hybridized carbons (Fsp3) is 0.769. The van der Waals surface area contributed by atoms with Crippen LogP contribution in [0.2, 0.25) is 0 Å². The minimum Gasteiger partial charge on any atom is -0.481 e. The van der Waals surface area contributed by atoms with Crippen LogP contribution in [0, 0.1) is 11.8 Å². The van der Waals surface area contributed by atoms with Crippen molar-refractivity contribution in [1.82, 2.24) is 9.80 Å². The molecule has 3 fully saturated rings. The van der Waals surface area contributed by atoms with Gasteiger partial charge in [0.15, 0.2) is 0 Å². The molecule has 0 aromatic rings. The van der Waals surface area contributed by atoms with Crippen molar-refractivity contribution in [3.05, 3.63) is 0 Å². The third-order valence-corrected chi connectivity index (χ3v) is 4.47. The molecule has 3 rings (SSSR count). The Kier molecular flexibility index (Phi) is 2.85. The van der Waals surface area contributed by atoms with Crippen LogP contribution in [-0.4, -0.2) is 57.9 Å². The Morgan fingerprint density at radius 3 is 2.47 bits per heavy atom. The summed E-state index contributed by atoms with van der Waals surface area (Å²) < 4.78 is 0. The monoisotopic (exact) mass is 266 g/mol. The fourth-order valence-electron chi connectivity index (χ4n) is 3.22. The highest BCUT2D eigenvalue weighted by Crippen LogP contribution is 2.35. The lowest BCUT2D eigenvalue weighted by Gasteiger charge is -2.22. The van der Waals surface area contributed by atoms with Gasteiger partial charge >= 0.3 is 5.97 Å². The molecule has 2 heterocycles. The number of hydrogen-bond donors (Lipinski definition) is 1. The number of carbonyl (C=O) groups excluding carboxylic acids is 2. The maximum absolute atomic E-state index is 12.3. The van der Waals surface area contributed by atoms with Crippen molar-refractivity contribution in [1.29, 1.82) is 0 Å². The van der Waals surface area contributed by atoms with E-state index in [9.17, 15) is 14.4 Å². The molecule has 19 heavy (non-hydrogen) atoms. The Morgan fingerprint density at radius 1 is 1.26 bits per heavy atom. The van der Waals surface area contributed by atoms with Crippen LogP contribution in [0.5, 0.6) is 0 Å². The molecule has 0 radical (unpaired) electrons. The lowest BCUT2D eigenvalue weighted by atomic mass is 9.99. The number of imide groups is 1. The van der Waals surface area contributed by atoms with Crippen LogP contribution in [0.15, 0.2) is 0 Å². The average molecular weight is 266 g/mol. The molecule has 0 bridgehead atoms. The van der Waals surface area contributed by atoms with E-state index in [-0.39, 0.29) is 30.2 Å². The molecule has 104 valence electrons. The molecule has 1 N–H and O–H groups in total. The zero-order chi connectivity index (χ0) is 13.7. The number of carbonyl (C=O) groups is 3. The first-order chi connectivity index (χ1) is 8.99. The molecule has 1 aliphatic carbocycles. The zero-order valence-corrected chi connectivity index (χ0v) is 10.9. The van der Waals surface area contributed by atoms with Gasteiger partial charge in [0.1, 0.15) is 0 Å². The summed E-state index contributed by atoms with van der Waals surface area (Å²) in [5, 5.41) is 9.12. The van der Waals surface area contributed by atoms with Crippen molar-refractivity contribution in [2.24, 2.45) is 11.8 Å². The Hall–Kier alpha value is -1.43. The number of rotatable bonds is 3. The number of nitrogens with zero attached hydrogens (tertiary/aromatic N) is 2. The van der Waals surface area contributed by atoms with Crippen molar-refractivity contribution in [3.8, 4) is 0 Å². The van der Waals surface area contributed by atoms with Gasteiger partial charge in [-0.25, -0.2) is 0 Å². The largest absolute Gasteiger partial charge is 0.481 e. The van der Waals surface area contributed by atoms with Crippen molar-refractivity contribution in [2.45, 2.75) is 38.3 Å². The number of likely N-dealkylation sites (tertiary alicyclic amines) is 2. The van der Waals surface area contributed by atoms with Crippen molar-refractivity contribution < 1.29 is 19.5 Å². The van der Waals surface area contributed by atoms with Crippen LogP contribution >= 0.6 is 0 Å². The molecule has 0 aromatic heterocycles. The molecule has 3 aliphatic rings. The fourth-order valence-corrected chi connectivity index (χ4v) is 3.22. The van der Waals surface area contributed by atoms with Gasteiger partial charge in [0.2, 0.25) is 11.8 Å². The van der Waals surface area contributed by atoms with Crippen LogP contribution in [0.1, 0.15) is 26.2 Å². The van der Waals surface area contributed by atoms with E-state index in [4.69, 9.17) is 5.11 Å². The minimum absolute atomic E-state index is 0.0235. The molecule has 3 atom stereocenters. The van der Waals surface area contributed by atoms with Crippen LogP contribution in [0.4, 0.5) is 0 Å². The van der Waals surface area contributed by atoms with Gasteiger partial charge in [-0.05, 0) is 18.8 Å². The highest BCUT2D eigenvalue weighted by molar-refractivity contribution is 6.06. The smallest absolute Gasteiger partial charge is 0.308 e. The molecule has 0 aromatic carbocycles. The van der Waals surface area contributed by atoms with Crippen molar-refractivity contribution >= 4 is 17.8 Å². The zero-order valence-electron chi connectivity index (χ0n) is 10.9. The summed E-state index contributed by atoms with van der Waals surface area (Å²) in [6.07, 6.45) is 2.05. The highest BCUT2D eigenvalue weighted by atomic mass is 16.4. The molecule has 2 saturated heterocycles. The normalized spacial score (nSPS) is 36.3. The molecular formula is C13H18N2O4. The molecule has 2 amide bonds. The SMILES string of the molecule is C[C@@H]1CN(C2CC(=O)N(C3CC3)C2=O)C[C@H]1C(=O)O. The third-order valence-electron chi connectivity index (χ3n) is 4.47. The van der Waals surface area contributed by atoms with E-state index in [1.165, 1.54) is 4.90 Å². The third kappa shape index (κ3) is 2.04. The Morgan fingerprint density at radius 2 is 1.95 bits per heavy atom. The van der Waals surface area contributed by atoms with Gasteiger partial charge in [0.25, 0.3) is 0 Å². The standard InChI is InChI=1S/C13H18N2O4/c1-7-5-14(6-9(7)13(18)19)10-4-11(16)15(12(10)17)8-2-3-8/h7-10H,2-6H2,1H3,(H,18,19)/t7-,9-,10?/m1/s1. The number of aliphatic carboxylic acids is 1. The van der Waals surface area contributed by atoms with E-state index in [0.717, 1.165) is 12.8 Å². The Bertz CT molecular complexity index is 446. The quantitative estimate of drug-likeness (QED) is 0.723. The van der Waals surface area contributed by atoms with Gasteiger partial charge in [-0.15, -0.1) is 0 Å². The molecule has 6 nitrogen and oxygen atoms in total. The van der Waals surface area contributed by atoms with Crippen LogP contribution in [0.25, 0.3) is 0 Å². The Balaban J connectivity index is 1.72. The lowest BCUT2D eigenvalue weighted by molar-refractivity contribution is -0.143. The van der Waals surface area contributed by atoms with Gasteiger partial charge in [0, 0.05) is 19.1 Å². The highest BCUT2D eigenvalue weighted by Gasteiger charge is 2.50. The summed E-state index contributed by atoms with van der Waals surface area (Å²) in [4.78, 5) is 38.6. The number of carboxylic acids is 1. The molecule has 1 unspecified atom stereocenters. The van der Waals surface area contributed by atoms with Gasteiger partial charge in [-0.2, -0.15) is 0 Å². The van der Waals surface area contributed by atoms with E-state index >= 15 is 0 Å². The summed E-state index contributed by atoms with van der Waals surface area (Å²) in [7, 11) is 0. The van der Waals surface area contributed by atoms with E-state index in [1.807, 2.05) is 11.8 Å². The van der Waals surface area contributed by atoms with Crippen LogP contribution in [-0.2, 0) is 14.4 Å². The van der Waals surface area contributed by atoms with Gasteiger partial charge in [-0.3, -0.25) is 24.2 Å². The topological polar surface area (TPSA) is 77.9 Å². The second kappa shape index (κ2) is 4.30. The molecule has 0 spiro atoms. The molecule has 1 saturated carbocycles. The van der Waals surface area contributed by atoms with E-state index < -0.39 is 17.9 Å². The summed E-state index contributed by atoms with van der Waals surface area (Å²) in [6.45, 7) is 2.84. The second-order valence-corrected chi connectivity index (χ2v) is 5.93. The predicted octanol–water partition coefficient (Wildman–Crippen LogP) is -0.0712. The number of hydrogen-bond acceptors (Lipinski definition) is 4. The van der Waals surface area contributed by atoms with E-state index in [2.05, 4.69) is 0 Å². The van der Waals surface area contributed by atoms with Crippen LogP contribution in [0.3, 0.4) is 0 Å². The van der Waals surface area contributed by atoms with Crippen molar-refractivity contribution in [2.75, 3.05) is 13.1 Å². The minimum atomic E-state index is -0.814. The average Bonchev–Trinajstić information content (AvgIpc) is 3.01. The summed E-state index contributed by atoms with van der Waals surface area (Å²) in [5.74, 6) is -1.44. The summed E-state index contributed by atoms with van der Waals surface area (Å²) in [6, 6.07) is -0.319. The lowest BCUT2D eigenvalue weighted by Crippen LogP contribution is -2.42. The summed E-state index contributed by atoms with van der Waals surface area (Å²) >= 11 is 0. The first-order valence-corrected chi connectivity index (χ1v) is 6.81. The van der Waals surface area contributed by atoms with Gasteiger partial charge < -0.3 is 5.11 Å². The molecular weight excluding hydrogens is 248 g/mol. The first kappa shape index (κ1) is 12.6. The number of amides is 2.